The van der Waals surface area contributed by atoms with Crippen molar-refractivity contribution in [1.29, 1.82) is 0 Å². The van der Waals surface area contributed by atoms with Gasteiger partial charge >= 0.3 is 5.97 Å². The molecule has 0 saturated carbocycles. The molecule has 1 unspecified atom stereocenters. The molecule has 3 N–H and O–H groups in total. The minimum atomic E-state index is -1.07. The Hall–Kier alpha value is -2.15. The number of carboxylic acids is 1. The van der Waals surface area contributed by atoms with Crippen LogP contribution in [0.5, 0.6) is 0 Å². The summed E-state index contributed by atoms with van der Waals surface area (Å²) in [6.07, 6.45) is 0. The molecule has 0 aliphatic carbocycles. The second-order valence-electron chi connectivity index (χ2n) is 4.01. The summed E-state index contributed by atoms with van der Waals surface area (Å²) in [5.74, 6) is -1.44. The van der Waals surface area contributed by atoms with E-state index in [0.717, 1.165) is 15.9 Å². The number of carbonyl (C=O) groups excluding carboxylic acids is 1. The number of aliphatic carboxylic acids is 1. The van der Waals surface area contributed by atoms with Gasteiger partial charge in [-0.15, -0.1) is 11.3 Å². The SMILES string of the molecule is CC(=O)NC(CNc1ccc2ncsc2c1)C(=O)O. The smallest absolute Gasteiger partial charge is 0.328 e. The van der Waals surface area contributed by atoms with Gasteiger partial charge in [-0.25, -0.2) is 9.78 Å². The highest BCUT2D eigenvalue weighted by atomic mass is 32.1. The van der Waals surface area contributed by atoms with Crippen LogP contribution in [0.4, 0.5) is 5.69 Å². The number of carboxylic acid groups (broad SMARTS) is 1. The Morgan fingerprint density at radius 1 is 1.47 bits per heavy atom. The highest BCUT2D eigenvalue weighted by Crippen LogP contribution is 2.21. The number of thiazole rings is 1. The van der Waals surface area contributed by atoms with Crippen LogP contribution in [0.1, 0.15) is 6.92 Å². The van der Waals surface area contributed by atoms with E-state index in [1.807, 2.05) is 18.2 Å². The van der Waals surface area contributed by atoms with Gasteiger partial charge in [0.05, 0.1) is 15.7 Å². The van der Waals surface area contributed by atoms with Crippen LogP contribution in [0.15, 0.2) is 23.7 Å². The number of fused-ring (bicyclic) bond motifs is 1. The number of hydrogen-bond acceptors (Lipinski definition) is 5. The Balaban J connectivity index is 2.03. The van der Waals surface area contributed by atoms with Crippen molar-refractivity contribution in [2.24, 2.45) is 0 Å². The third kappa shape index (κ3) is 3.41. The van der Waals surface area contributed by atoms with Crippen molar-refractivity contribution < 1.29 is 14.7 Å². The lowest BCUT2D eigenvalue weighted by molar-refractivity contribution is -0.141. The van der Waals surface area contributed by atoms with E-state index in [-0.39, 0.29) is 12.5 Å². The van der Waals surface area contributed by atoms with E-state index in [1.165, 1.54) is 18.3 Å². The zero-order valence-electron chi connectivity index (χ0n) is 10.2. The number of carbonyl (C=O) groups is 2. The third-order valence-electron chi connectivity index (χ3n) is 2.52. The molecule has 0 radical (unpaired) electrons. The number of benzene rings is 1. The molecule has 2 aromatic rings. The largest absolute Gasteiger partial charge is 0.480 e. The minimum absolute atomic E-state index is 0.124. The maximum Gasteiger partial charge on any atom is 0.328 e. The zero-order chi connectivity index (χ0) is 13.8. The summed E-state index contributed by atoms with van der Waals surface area (Å²) in [5.41, 5.74) is 3.46. The zero-order valence-corrected chi connectivity index (χ0v) is 11.0. The molecule has 1 amide bonds. The molecule has 1 atom stereocenters. The van der Waals surface area contributed by atoms with Gasteiger partial charge in [-0.2, -0.15) is 0 Å². The van der Waals surface area contributed by atoms with E-state index in [9.17, 15) is 9.59 Å². The molecule has 100 valence electrons. The van der Waals surface area contributed by atoms with Crippen molar-refractivity contribution >= 4 is 39.1 Å². The molecule has 0 aliphatic rings. The molecule has 0 saturated heterocycles. The monoisotopic (exact) mass is 279 g/mol. The summed E-state index contributed by atoms with van der Waals surface area (Å²) < 4.78 is 1.02. The number of aromatic nitrogens is 1. The van der Waals surface area contributed by atoms with Gasteiger partial charge < -0.3 is 15.7 Å². The Labute approximate surface area is 113 Å². The van der Waals surface area contributed by atoms with Crippen molar-refractivity contribution in [1.82, 2.24) is 10.3 Å². The topological polar surface area (TPSA) is 91.3 Å². The predicted octanol–water partition coefficient (Wildman–Crippen LogP) is 1.30. The van der Waals surface area contributed by atoms with Crippen LogP contribution in [0, 0.1) is 0 Å². The molecule has 0 bridgehead atoms. The fraction of sp³-hybridized carbons (Fsp3) is 0.250. The maximum absolute atomic E-state index is 11.0. The number of rotatable bonds is 5. The first-order valence-corrected chi connectivity index (χ1v) is 6.51. The lowest BCUT2D eigenvalue weighted by atomic mass is 10.2. The van der Waals surface area contributed by atoms with Crippen LogP contribution in [-0.4, -0.2) is 34.6 Å². The molecular formula is C12H13N3O3S. The summed E-state index contributed by atoms with van der Waals surface area (Å²) in [6, 6.07) is 4.64. The lowest BCUT2D eigenvalue weighted by Crippen LogP contribution is -2.44. The number of amides is 1. The summed E-state index contributed by atoms with van der Waals surface area (Å²) in [4.78, 5) is 26.0. The van der Waals surface area contributed by atoms with Crippen LogP contribution in [0.2, 0.25) is 0 Å². The lowest BCUT2D eigenvalue weighted by Gasteiger charge is -2.14. The molecule has 1 aromatic heterocycles. The van der Waals surface area contributed by atoms with Crippen LogP contribution in [0.3, 0.4) is 0 Å². The quantitative estimate of drug-likeness (QED) is 0.767. The Morgan fingerprint density at radius 3 is 2.95 bits per heavy atom. The summed E-state index contributed by atoms with van der Waals surface area (Å²) in [5, 5.41) is 14.3. The van der Waals surface area contributed by atoms with E-state index < -0.39 is 12.0 Å². The van der Waals surface area contributed by atoms with E-state index in [0.29, 0.717) is 0 Å². The number of nitrogens with one attached hydrogen (secondary N) is 2. The Kier molecular flexibility index (Phi) is 3.96. The molecule has 0 aliphatic heterocycles. The highest BCUT2D eigenvalue weighted by molar-refractivity contribution is 7.16. The molecule has 7 heteroatoms. The molecule has 19 heavy (non-hydrogen) atoms. The first-order chi connectivity index (χ1) is 9.06. The van der Waals surface area contributed by atoms with Gasteiger partial charge in [0.2, 0.25) is 5.91 Å². The van der Waals surface area contributed by atoms with Gasteiger partial charge in [0.15, 0.2) is 0 Å². The number of hydrogen-bond donors (Lipinski definition) is 3. The molecule has 0 fully saturated rings. The molecular weight excluding hydrogens is 266 g/mol. The fourth-order valence-corrected chi connectivity index (χ4v) is 2.35. The van der Waals surface area contributed by atoms with Crippen LogP contribution in [0.25, 0.3) is 10.2 Å². The number of nitrogens with zero attached hydrogens (tertiary/aromatic N) is 1. The molecule has 6 nitrogen and oxygen atoms in total. The first kappa shape index (κ1) is 13.3. The number of anilines is 1. The summed E-state index contributed by atoms with van der Waals surface area (Å²) in [6.45, 7) is 1.42. The Morgan fingerprint density at radius 2 is 2.26 bits per heavy atom. The van der Waals surface area contributed by atoms with E-state index in [2.05, 4.69) is 15.6 Å². The normalized spacial score (nSPS) is 12.1. The first-order valence-electron chi connectivity index (χ1n) is 5.63. The van der Waals surface area contributed by atoms with Gasteiger partial charge in [0.25, 0.3) is 0 Å². The van der Waals surface area contributed by atoms with Crippen LogP contribution in [-0.2, 0) is 9.59 Å². The van der Waals surface area contributed by atoms with Crippen molar-refractivity contribution in [2.75, 3.05) is 11.9 Å². The van der Waals surface area contributed by atoms with Gasteiger partial charge in [0, 0.05) is 19.2 Å². The van der Waals surface area contributed by atoms with Crippen LogP contribution < -0.4 is 10.6 Å². The predicted molar refractivity (Wildman–Crippen MR) is 73.4 cm³/mol. The second-order valence-corrected chi connectivity index (χ2v) is 4.89. The summed E-state index contributed by atoms with van der Waals surface area (Å²) in [7, 11) is 0. The molecule has 2 rings (SSSR count). The molecule has 0 spiro atoms. The fourth-order valence-electron chi connectivity index (χ4n) is 1.63. The van der Waals surface area contributed by atoms with Gasteiger partial charge in [-0.3, -0.25) is 4.79 Å². The van der Waals surface area contributed by atoms with Crippen molar-refractivity contribution in [3.63, 3.8) is 0 Å². The Bertz CT molecular complexity index is 611. The van der Waals surface area contributed by atoms with Crippen molar-refractivity contribution in [2.45, 2.75) is 13.0 Å². The maximum atomic E-state index is 11.0. The van der Waals surface area contributed by atoms with E-state index in [4.69, 9.17) is 5.11 Å². The van der Waals surface area contributed by atoms with Crippen molar-refractivity contribution in [3.8, 4) is 0 Å². The van der Waals surface area contributed by atoms with Gasteiger partial charge in [0.1, 0.15) is 6.04 Å². The highest BCUT2D eigenvalue weighted by Gasteiger charge is 2.17. The minimum Gasteiger partial charge on any atom is -0.480 e. The molecule has 1 heterocycles. The second kappa shape index (κ2) is 5.66. The molecule has 1 aromatic carbocycles. The average molecular weight is 279 g/mol. The average Bonchev–Trinajstić information content (AvgIpc) is 2.80. The van der Waals surface area contributed by atoms with Crippen molar-refractivity contribution in [3.05, 3.63) is 23.7 Å². The van der Waals surface area contributed by atoms with E-state index in [1.54, 1.807) is 5.51 Å². The van der Waals surface area contributed by atoms with Gasteiger partial charge in [-0.05, 0) is 18.2 Å². The van der Waals surface area contributed by atoms with E-state index >= 15 is 0 Å². The van der Waals surface area contributed by atoms with Crippen LogP contribution >= 0.6 is 11.3 Å². The standard InChI is InChI=1S/C12H13N3O3S/c1-7(16)15-10(12(17)18)5-13-8-2-3-9-11(4-8)19-6-14-9/h2-4,6,10,13H,5H2,1H3,(H,15,16)(H,17,18). The summed E-state index contributed by atoms with van der Waals surface area (Å²) >= 11 is 1.52. The third-order valence-corrected chi connectivity index (χ3v) is 3.31. The van der Waals surface area contributed by atoms with Gasteiger partial charge in [-0.1, -0.05) is 0 Å².